The van der Waals surface area contributed by atoms with Crippen molar-refractivity contribution in [3.63, 3.8) is 0 Å². The number of aromatic nitrogens is 1. The van der Waals surface area contributed by atoms with Crippen molar-refractivity contribution in [2.75, 3.05) is 12.4 Å². The molecule has 37 heavy (non-hydrogen) atoms. The first-order valence-electron chi connectivity index (χ1n) is 12.7. The number of methoxy groups -OCH3 is 1. The lowest BCUT2D eigenvalue weighted by Gasteiger charge is -2.12. The van der Waals surface area contributed by atoms with Crippen molar-refractivity contribution in [2.24, 2.45) is 0 Å². The van der Waals surface area contributed by atoms with Crippen molar-refractivity contribution in [1.82, 2.24) is 4.98 Å². The fourth-order valence-electron chi connectivity index (χ4n) is 4.81. The molecule has 190 valence electrons. The summed E-state index contributed by atoms with van der Waals surface area (Å²) in [6.45, 7) is 3.97. The Morgan fingerprint density at radius 1 is 1.00 bits per heavy atom. The molecule has 0 spiro atoms. The lowest BCUT2D eigenvalue weighted by Crippen LogP contribution is -2.15. The van der Waals surface area contributed by atoms with Crippen LogP contribution in [0.5, 0.6) is 5.75 Å². The van der Waals surface area contributed by atoms with Crippen molar-refractivity contribution in [2.45, 2.75) is 52.1 Å². The number of carbonyl (C=O) groups is 2. The molecular weight excluding hydrogens is 484 g/mol. The van der Waals surface area contributed by atoms with E-state index >= 15 is 0 Å². The number of rotatable bonds is 6. The van der Waals surface area contributed by atoms with Crippen LogP contribution in [0, 0.1) is 0 Å². The topological polar surface area (TPSA) is 77.5 Å². The Bertz CT molecular complexity index is 1460. The van der Waals surface area contributed by atoms with E-state index in [1.165, 1.54) is 18.4 Å². The minimum atomic E-state index is -0.404. The van der Waals surface area contributed by atoms with Crippen LogP contribution in [0.1, 0.15) is 64.3 Å². The molecule has 2 aromatic carbocycles. The van der Waals surface area contributed by atoms with Crippen LogP contribution < -0.4 is 10.1 Å². The van der Waals surface area contributed by atoms with E-state index in [2.05, 4.69) is 5.32 Å². The average molecular weight is 515 g/mol. The summed E-state index contributed by atoms with van der Waals surface area (Å²) >= 11 is 1.49. The van der Waals surface area contributed by atoms with Crippen LogP contribution in [0.2, 0.25) is 0 Å². The number of thiophene rings is 1. The van der Waals surface area contributed by atoms with Gasteiger partial charge in [0.25, 0.3) is 5.91 Å². The minimum Gasteiger partial charge on any atom is -0.491 e. The molecule has 1 amide bonds. The fourth-order valence-corrected chi connectivity index (χ4v) is 6.08. The van der Waals surface area contributed by atoms with Gasteiger partial charge in [-0.25, -0.2) is 9.78 Å². The molecule has 0 atom stereocenters. The maximum absolute atomic E-state index is 13.7. The van der Waals surface area contributed by atoms with Crippen molar-refractivity contribution in [1.29, 1.82) is 0 Å². The van der Waals surface area contributed by atoms with E-state index in [0.29, 0.717) is 21.8 Å². The fraction of sp³-hybridized carbons (Fsp3) is 0.300. The van der Waals surface area contributed by atoms with E-state index in [1.54, 1.807) is 0 Å². The number of aryl methyl sites for hydroxylation is 1. The highest BCUT2D eigenvalue weighted by molar-refractivity contribution is 7.17. The number of nitrogens with zero attached hydrogens (tertiary/aromatic N) is 1. The zero-order chi connectivity index (χ0) is 25.9. The lowest BCUT2D eigenvalue weighted by atomic mass is 10.0. The molecule has 0 aliphatic heterocycles. The van der Waals surface area contributed by atoms with Gasteiger partial charge in [-0.2, -0.15) is 0 Å². The molecule has 2 heterocycles. The maximum atomic E-state index is 13.7. The molecule has 0 fully saturated rings. The first kappa shape index (κ1) is 25.0. The van der Waals surface area contributed by atoms with Crippen LogP contribution >= 0.6 is 11.3 Å². The second-order valence-electron chi connectivity index (χ2n) is 9.48. The van der Waals surface area contributed by atoms with Crippen molar-refractivity contribution in [3.05, 3.63) is 76.2 Å². The molecule has 1 N–H and O–H groups in total. The van der Waals surface area contributed by atoms with E-state index in [4.69, 9.17) is 14.5 Å². The summed E-state index contributed by atoms with van der Waals surface area (Å²) in [6, 6.07) is 17.1. The third kappa shape index (κ3) is 5.23. The summed E-state index contributed by atoms with van der Waals surface area (Å²) in [4.78, 5) is 32.5. The summed E-state index contributed by atoms with van der Waals surface area (Å²) in [6.07, 6.45) is 5.08. The van der Waals surface area contributed by atoms with Crippen LogP contribution in [0.25, 0.3) is 22.2 Å². The SMILES string of the molecule is COC(=O)c1c(NC(=O)c2cc(-c3ccc(OC(C)C)cc3)nc3ccccc23)sc2c1CCCCC2. The van der Waals surface area contributed by atoms with Gasteiger partial charge < -0.3 is 14.8 Å². The molecular formula is C30H30N2O4S. The van der Waals surface area contributed by atoms with Gasteiger partial charge in [0.1, 0.15) is 10.8 Å². The first-order chi connectivity index (χ1) is 17.9. The van der Waals surface area contributed by atoms with Crippen LogP contribution in [0.15, 0.2) is 54.6 Å². The van der Waals surface area contributed by atoms with Gasteiger partial charge in [0.2, 0.25) is 0 Å². The largest absolute Gasteiger partial charge is 0.491 e. The number of anilines is 1. The normalized spacial score (nSPS) is 13.2. The van der Waals surface area contributed by atoms with Gasteiger partial charge in [-0.15, -0.1) is 11.3 Å². The Morgan fingerprint density at radius 3 is 2.51 bits per heavy atom. The Labute approximate surface area is 220 Å². The van der Waals surface area contributed by atoms with Crippen LogP contribution in [0.4, 0.5) is 5.00 Å². The number of pyridine rings is 1. The zero-order valence-electron chi connectivity index (χ0n) is 21.3. The molecule has 0 bridgehead atoms. The Hall–Kier alpha value is -3.71. The molecule has 0 radical (unpaired) electrons. The highest BCUT2D eigenvalue weighted by Crippen LogP contribution is 2.38. The summed E-state index contributed by atoms with van der Waals surface area (Å²) in [7, 11) is 1.38. The number of esters is 1. The predicted octanol–water partition coefficient (Wildman–Crippen LogP) is 7.06. The number of hydrogen-bond donors (Lipinski definition) is 1. The van der Waals surface area contributed by atoms with Gasteiger partial charge >= 0.3 is 5.97 Å². The van der Waals surface area contributed by atoms with Gasteiger partial charge in [0, 0.05) is 15.8 Å². The van der Waals surface area contributed by atoms with Gasteiger partial charge in [0.15, 0.2) is 0 Å². The second kappa shape index (κ2) is 10.7. The molecule has 5 rings (SSSR count). The average Bonchev–Trinajstić information content (AvgIpc) is 3.07. The first-order valence-corrected chi connectivity index (χ1v) is 13.5. The van der Waals surface area contributed by atoms with Crippen LogP contribution in [-0.2, 0) is 17.6 Å². The number of para-hydroxylation sites is 1. The number of nitrogens with one attached hydrogen (secondary N) is 1. The second-order valence-corrected chi connectivity index (χ2v) is 10.6. The Morgan fingerprint density at radius 2 is 1.76 bits per heavy atom. The van der Waals surface area contributed by atoms with Gasteiger partial charge in [-0.3, -0.25) is 4.79 Å². The van der Waals surface area contributed by atoms with Crippen molar-refractivity contribution >= 4 is 39.1 Å². The highest BCUT2D eigenvalue weighted by atomic mass is 32.1. The standard InChI is InChI=1S/C30H30N2O4S/c1-18(2)36-20-15-13-19(14-16-20)25-17-23(21-9-7-8-11-24(21)31-25)28(33)32-29-27(30(34)35-3)22-10-5-4-6-12-26(22)37-29/h7-9,11,13-18H,4-6,10,12H2,1-3H3,(H,32,33). The lowest BCUT2D eigenvalue weighted by molar-refractivity contribution is 0.0601. The molecule has 0 saturated carbocycles. The highest BCUT2D eigenvalue weighted by Gasteiger charge is 2.27. The quantitative estimate of drug-likeness (QED) is 0.220. The molecule has 1 aliphatic carbocycles. The molecule has 0 saturated heterocycles. The van der Waals surface area contributed by atoms with Gasteiger partial charge in [-0.05, 0) is 81.5 Å². The number of amides is 1. The van der Waals surface area contributed by atoms with E-state index < -0.39 is 5.97 Å². The van der Waals surface area contributed by atoms with Crippen LogP contribution in [-0.4, -0.2) is 30.1 Å². The summed E-state index contributed by atoms with van der Waals surface area (Å²) in [5, 5.41) is 4.36. The number of benzene rings is 2. The number of hydrogen-bond acceptors (Lipinski definition) is 6. The molecule has 1 aliphatic rings. The van der Waals surface area contributed by atoms with Crippen molar-refractivity contribution < 1.29 is 19.1 Å². The molecule has 6 nitrogen and oxygen atoms in total. The molecule has 4 aromatic rings. The predicted molar refractivity (Wildman–Crippen MR) is 148 cm³/mol. The number of carbonyl (C=O) groups excluding carboxylic acids is 2. The smallest absolute Gasteiger partial charge is 0.341 e. The third-order valence-corrected chi connectivity index (χ3v) is 7.73. The summed E-state index contributed by atoms with van der Waals surface area (Å²) in [5.41, 5.74) is 4.32. The molecule has 0 unspecified atom stereocenters. The van der Waals surface area contributed by atoms with E-state index in [0.717, 1.165) is 64.8 Å². The van der Waals surface area contributed by atoms with Gasteiger partial charge in [-0.1, -0.05) is 24.6 Å². The third-order valence-electron chi connectivity index (χ3n) is 6.52. The van der Waals surface area contributed by atoms with E-state index in [-0.39, 0.29) is 12.0 Å². The summed E-state index contributed by atoms with van der Waals surface area (Å²) in [5.74, 6) is 0.102. The monoisotopic (exact) mass is 514 g/mol. The molecule has 7 heteroatoms. The van der Waals surface area contributed by atoms with Gasteiger partial charge in [0.05, 0.1) is 35.6 Å². The summed E-state index contributed by atoms with van der Waals surface area (Å²) < 4.78 is 10.9. The minimum absolute atomic E-state index is 0.0853. The van der Waals surface area contributed by atoms with E-state index in [1.807, 2.05) is 68.4 Å². The zero-order valence-corrected chi connectivity index (χ0v) is 22.1. The maximum Gasteiger partial charge on any atom is 0.341 e. The Balaban J connectivity index is 1.53. The Kier molecular flexibility index (Phi) is 7.24. The number of ether oxygens (including phenoxy) is 2. The number of fused-ring (bicyclic) bond motifs is 2. The van der Waals surface area contributed by atoms with Crippen molar-refractivity contribution in [3.8, 4) is 17.0 Å². The molecule has 2 aromatic heterocycles. The van der Waals surface area contributed by atoms with Crippen LogP contribution in [0.3, 0.4) is 0 Å². The van der Waals surface area contributed by atoms with E-state index in [9.17, 15) is 9.59 Å².